The second-order valence-electron chi connectivity index (χ2n) is 17.7. The number of hydrogen-bond acceptors (Lipinski definition) is 9. The second-order valence-corrected chi connectivity index (χ2v) is 21.2. The van der Waals surface area contributed by atoms with E-state index >= 15 is 4.79 Å². The van der Waals surface area contributed by atoms with Crippen LogP contribution in [0.1, 0.15) is 61.5 Å². The van der Waals surface area contributed by atoms with E-state index in [2.05, 4.69) is 27.7 Å². The number of aromatic nitrogens is 1. The maximum absolute atomic E-state index is 15.7. The van der Waals surface area contributed by atoms with Crippen molar-refractivity contribution in [3.8, 4) is 17.0 Å². The fourth-order valence-electron chi connectivity index (χ4n) is 10.0. The number of nitrogens with zero attached hydrogens (tertiary/aromatic N) is 5. The average Bonchev–Trinajstić information content (AvgIpc) is 3.75. The number of anilines is 1. The molecular weight excluding hydrogens is 887 g/mol. The van der Waals surface area contributed by atoms with Crippen molar-refractivity contribution in [2.45, 2.75) is 67.6 Å². The van der Waals surface area contributed by atoms with Crippen LogP contribution in [0.2, 0.25) is 0 Å². The minimum Gasteiger partial charge on any atom is -0.379 e. The Morgan fingerprint density at radius 2 is 1.37 bits per heavy atom. The molecule has 4 aliphatic heterocycles. The molecule has 0 spiro atoms. The standard InChI is InChI=1S/C52H53N5O8S2/c1-53(41-19-21-43(22-20-41)65-67(62,63)45-16-6-3-7-17-45)51(58)48-33-50(56-24-11-10-18-49(48)56)46-31-38-23-25-55(66(60,61)44-14-4-2-5-15-44)34-40(38)32-47(46)52(59)57-35-39-13-9-8-12-37(39)30-42(57)36-54-26-28-64-29-27-54/h2-9,12-17,19-22,31-33,42H,10-11,18,23-30,34-36H2,1H3/t42-/m0/s1. The van der Waals surface area contributed by atoms with Crippen molar-refractivity contribution in [1.82, 2.24) is 18.7 Å². The van der Waals surface area contributed by atoms with E-state index in [-0.39, 0.29) is 46.5 Å². The topological polar surface area (TPSA) is 139 Å². The summed E-state index contributed by atoms with van der Waals surface area (Å²) >= 11 is 0. The van der Waals surface area contributed by atoms with Gasteiger partial charge in [-0.25, -0.2) is 8.42 Å². The van der Waals surface area contributed by atoms with Crippen LogP contribution in [0, 0.1) is 0 Å². The Kier molecular flexibility index (Phi) is 12.4. The van der Waals surface area contributed by atoms with Gasteiger partial charge in [0.2, 0.25) is 10.0 Å². The molecule has 0 bridgehead atoms. The third-order valence-corrected chi connectivity index (χ3v) is 16.8. The predicted molar refractivity (Wildman–Crippen MR) is 255 cm³/mol. The monoisotopic (exact) mass is 939 g/mol. The highest BCUT2D eigenvalue weighted by Gasteiger charge is 2.37. The van der Waals surface area contributed by atoms with Crippen LogP contribution in [0.25, 0.3) is 11.3 Å². The molecule has 4 aliphatic rings. The SMILES string of the molecule is CN(C(=O)c1cc(-c2cc3c(cc2C(=O)N2Cc4ccccc4C[C@H]2CN2CCOCC2)CN(S(=O)(=O)c2ccccc2)CC3)n2c1CCCC2)c1ccc(OS(=O)(=O)c2ccccc2)cc1. The van der Waals surface area contributed by atoms with Crippen molar-refractivity contribution in [2.24, 2.45) is 0 Å². The molecule has 1 aromatic heterocycles. The number of benzene rings is 5. The molecule has 1 atom stereocenters. The van der Waals surface area contributed by atoms with Crippen LogP contribution >= 0.6 is 0 Å². The lowest BCUT2D eigenvalue weighted by molar-refractivity contribution is 0.0193. The first kappa shape index (κ1) is 44.7. The summed E-state index contributed by atoms with van der Waals surface area (Å²) in [5.74, 6) is -0.262. The quantitative estimate of drug-likeness (QED) is 0.124. The molecule has 15 heteroatoms. The first-order valence-electron chi connectivity index (χ1n) is 22.9. The maximum atomic E-state index is 15.7. The van der Waals surface area contributed by atoms with E-state index in [1.165, 1.54) is 34.1 Å². The van der Waals surface area contributed by atoms with Gasteiger partial charge in [-0.2, -0.15) is 12.7 Å². The Morgan fingerprint density at radius 1 is 0.687 bits per heavy atom. The van der Waals surface area contributed by atoms with Crippen molar-refractivity contribution < 1.29 is 35.3 Å². The van der Waals surface area contributed by atoms with Gasteiger partial charge >= 0.3 is 10.1 Å². The van der Waals surface area contributed by atoms with E-state index in [9.17, 15) is 21.6 Å². The fraction of sp³-hybridized carbons (Fsp3) is 0.308. The second kappa shape index (κ2) is 18.5. The first-order chi connectivity index (χ1) is 32.4. The zero-order chi connectivity index (χ0) is 46.3. The van der Waals surface area contributed by atoms with Gasteiger partial charge in [0, 0.05) is 87.1 Å². The molecule has 5 aromatic carbocycles. The maximum Gasteiger partial charge on any atom is 0.339 e. The van der Waals surface area contributed by atoms with Gasteiger partial charge in [-0.15, -0.1) is 0 Å². The van der Waals surface area contributed by atoms with Crippen molar-refractivity contribution in [1.29, 1.82) is 0 Å². The molecule has 13 nitrogen and oxygen atoms in total. The third-order valence-electron chi connectivity index (χ3n) is 13.6. The molecule has 5 heterocycles. The van der Waals surface area contributed by atoms with Crippen molar-refractivity contribution in [3.63, 3.8) is 0 Å². The minimum absolute atomic E-state index is 0.0384. The van der Waals surface area contributed by atoms with Crippen LogP contribution in [0.15, 0.2) is 137 Å². The van der Waals surface area contributed by atoms with Crippen LogP contribution in [0.5, 0.6) is 5.75 Å². The molecule has 1 saturated heterocycles. The van der Waals surface area contributed by atoms with Crippen LogP contribution in [0.3, 0.4) is 0 Å². The van der Waals surface area contributed by atoms with Gasteiger partial charge in [0.15, 0.2) is 0 Å². The number of morpholine rings is 1. The lowest BCUT2D eigenvalue weighted by Gasteiger charge is -2.41. The molecular formula is C52H53N5O8S2. The van der Waals surface area contributed by atoms with Gasteiger partial charge in [-0.1, -0.05) is 60.7 Å². The summed E-state index contributed by atoms with van der Waals surface area (Å²) in [5, 5.41) is 0. The van der Waals surface area contributed by atoms with E-state index in [0.717, 1.165) is 59.6 Å². The predicted octanol–water partition coefficient (Wildman–Crippen LogP) is 7.18. The van der Waals surface area contributed by atoms with E-state index < -0.39 is 20.1 Å². The largest absolute Gasteiger partial charge is 0.379 e. The lowest BCUT2D eigenvalue weighted by atomic mass is 9.89. The van der Waals surface area contributed by atoms with E-state index in [0.29, 0.717) is 68.9 Å². The molecule has 2 amide bonds. The number of rotatable bonds is 11. The van der Waals surface area contributed by atoms with Crippen LogP contribution < -0.4 is 9.08 Å². The zero-order valence-electron chi connectivity index (χ0n) is 37.4. The van der Waals surface area contributed by atoms with E-state index in [1.807, 2.05) is 29.2 Å². The molecule has 0 N–H and O–H groups in total. The number of fused-ring (bicyclic) bond motifs is 3. The Morgan fingerprint density at radius 3 is 2.10 bits per heavy atom. The molecule has 0 unspecified atom stereocenters. The summed E-state index contributed by atoms with van der Waals surface area (Å²) < 4.78 is 68.6. The number of sulfonamides is 1. The Labute approximate surface area is 392 Å². The van der Waals surface area contributed by atoms with E-state index in [1.54, 1.807) is 72.6 Å². The molecule has 346 valence electrons. The number of ether oxygens (including phenoxy) is 1. The van der Waals surface area contributed by atoms with Crippen LogP contribution in [-0.2, 0) is 63.8 Å². The van der Waals surface area contributed by atoms with Gasteiger partial charge < -0.3 is 23.3 Å². The van der Waals surface area contributed by atoms with Crippen LogP contribution in [0.4, 0.5) is 5.69 Å². The molecule has 0 aliphatic carbocycles. The van der Waals surface area contributed by atoms with Crippen molar-refractivity contribution >= 4 is 37.6 Å². The highest BCUT2D eigenvalue weighted by molar-refractivity contribution is 7.89. The van der Waals surface area contributed by atoms with Gasteiger partial charge in [-0.3, -0.25) is 14.5 Å². The fourth-order valence-corrected chi connectivity index (χ4v) is 12.4. The van der Waals surface area contributed by atoms with Gasteiger partial charge in [0.1, 0.15) is 10.6 Å². The molecule has 10 rings (SSSR count). The number of amides is 2. The zero-order valence-corrected chi connectivity index (χ0v) is 39.1. The molecule has 0 saturated carbocycles. The van der Waals surface area contributed by atoms with E-state index in [4.69, 9.17) is 8.92 Å². The summed E-state index contributed by atoms with van der Waals surface area (Å²) in [4.78, 5) is 36.5. The number of hydrogen-bond donors (Lipinski definition) is 0. The highest BCUT2D eigenvalue weighted by atomic mass is 32.2. The first-order valence-corrected chi connectivity index (χ1v) is 25.8. The smallest absolute Gasteiger partial charge is 0.339 e. The Balaban J connectivity index is 1.03. The lowest BCUT2D eigenvalue weighted by Crippen LogP contribution is -2.52. The summed E-state index contributed by atoms with van der Waals surface area (Å²) in [5.41, 5.74) is 8.00. The molecule has 6 aromatic rings. The van der Waals surface area contributed by atoms with Crippen molar-refractivity contribution in [2.75, 3.05) is 51.3 Å². The van der Waals surface area contributed by atoms with Gasteiger partial charge in [0.25, 0.3) is 11.8 Å². The number of carbonyl (C=O) groups is 2. The van der Waals surface area contributed by atoms with Gasteiger partial charge in [0.05, 0.1) is 23.7 Å². The summed E-state index contributed by atoms with van der Waals surface area (Å²) in [6, 6.07) is 36.8. The third kappa shape index (κ3) is 8.94. The normalized spacial score (nSPS) is 17.8. The Bertz CT molecular complexity index is 3050. The molecule has 1 fully saturated rings. The Hall–Kier alpha value is -6.10. The highest BCUT2D eigenvalue weighted by Crippen LogP contribution is 2.39. The van der Waals surface area contributed by atoms with Gasteiger partial charge in [-0.05, 0) is 121 Å². The van der Waals surface area contributed by atoms with Crippen molar-refractivity contribution in [3.05, 3.63) is 166 Å². The minimum atomic E-state index is -4.05. The molecule has 67 heavy (non-hydrogen) atoms. The summed E-state index contributed by atoms with van der Waals surface area (Å²) in [7, 11) is -6.17. The summed E-state index contributed by atoms with van der Waals surface area (Å²) in [6.45, 7) is 5.03. The molecule has 0 radical (unpaired) electrons. The number of carbonyl (C=O) groups excluding carboxylic acids is 2. The summed E-state index contributed by atoms with van der Waals surface area (Å²) in [6.07, 6.45) is 3.62. The van der Waals surface area contributed by atoms with Crippen LogP contribution in [-0.4, -0.2) is 99.8 Å². The average molecular weight is 940 g/mol.